The highest BCUT2D eigenvalue weighted by Crippen LogP contribution is 2.56. The van der Waals surface area contributed by atoms with E-state index in [1.54, 1.807) is 20.8 Å². The second-order valence-electron chi connectivity index (χ2n) is 7.75. The van der Waals surface area contributed by atoms with Crippen LogP contribution in [0.15, 0.2) is 0 Å². The van der Waals surface area contributed by atoms with Crippen LogP contribution in [0, 0.1) is 5.41 Å². The monoisotopic (exact) mass is 373 g/mol. The van der Waals surface area contributed by atoms with Gasteiger partial charge in [-0.15, -0.1) is 0 Å². The second kappa shape index (κ2) is 5.76. The molecule has 2 saturated carbocycles. The first-order valence-electron chi connectivity index (χ1n) is 7.65. The molecule has 2 aliphatic carbocycles. The van der Waals surface area contributed by atoms with Crippen molar-refractivity contribution in [2.75, 3.05) is 6.61 Å². The minimum atomic E-state index is -5.59. The van der Waals surface area contributed by atoms with Gasteiger partial charge in [-0.25, -0.2) is 4.79 Å². The third-order valence-electron chi connectivity index (χ3n) is 4.55. The number of nitrogens with one attached hydrogen (secondary N) is 1. The fraction of sp³-hybridized carbons (Fsp3) is 0.929. The molecule has 0 radical (unpaired) electrons. The summed E-state index contributed by atoms with van der Waals surface area (Å²) in [7, 11) is -5.59. The van der Waals surface area contributed by atoms with Crippen LogP contribution in [0.5, 0.6) is 0 Å². The van der Waals surface area contributed by atoms with Gasteiger partial charge in [-0.2, -0.15) is 21.6 Å². The van der Waals surface area contributed by atoms with E-state index in [0.717, 1.165) is 0 Å². The van der Waals surface area contributed by atoms with E-state index in [-0.39, 0.29) is 0 Å². The summed E-state index contributed by atoms with van der Waals surface area (Å²) in [4.78, 5) is 11.9. The zero-order valence-corrected chi connectivity index (χ0v) is 14.6. The van der Waals surface area contributed by atoms with Crippen molar-refractivity contribution >= 4 is 16.2 Å². The zero-order valence-electron chi connectivity index (χ0n) is 13.8. The first-order valence-corrected chi connectivity index (χ1v) is 9.06. The maximum atomic E-state index is 12.4. The number of fused-ring (bicyclic) bond motifs is 2. The largest absolute Gasteiger partial charge is 0.523 e. The highest BCUT2D eigenvalue weighted by atomic mass is 32.2. The Balaban J connectivity index is 1.97. The van der Waals surface area contributed by atoms with E-state index in [9.17, 15) is 26.4 Å². The Morgan fingerprint density at radius 3 is 2.12 bits per heavy atom. The van der Waals surface area contributed by atoms with Crippen LogP contribution in [0.1, 0.15) is 52.9 Å². The predicted octanol–water partition coefficient (Wildman–Crippen LogP) is 3.08. The van der Waals surface area contributed by atoms with Gasteiger partial charge in [0.15, 0.2) is 0 Å². The SMILES string of the molecule is CC(C)(C)OC(=O)NC12CCC(COS(=O)(=O)C(F)(F)F)(CC1)C2. The second-order valence-corrected chi connectivity index (χ2v) is 9.35. The van der Waals surface area contributed by atoms with Crippen molar-refractivity contribution in [3.8, 4) is 0 Å². The fourth-order valence-electron chi connectivity index (χ4n) is 3.48. The molecular weight excluding hydrogens is 351 g/mol. The van der Waals surface area contributed by atoms with E-state index in [2.05, 4.69) is 9.50 Å². The number of ether oxygens (including phenoxy) is 1. The van der Waals surface area contributed by atoms with E-state index >= 15 is 0 Å². The zero-order chi connectivity index (χ0) is 18.4. The Morgan fingerprint density at radius 1 is 1.12 bits per heavy atom. The molecule has 2 aliphatic rings. The van der Waals surface area contributed by atoms with E-state index in [1.807, 2.05) is 0 Å². The van der Waals surface area contributed by atoms with Gasteiger partial charge in [0.1, 0.15) is 5.60 Å². The molecule has 2 rings (SSSR count). The molecule has 0 aromatic carbocycles. The highest BCUT2D eigenvalue weighted by Gasteiger charge is 2.57. The maximum Gasteiger partial charge on any atom is 0.523 e. The number of hydrogen-bond donors (Lipinski definition) is 1. The summed E-state index contributed by atoms with van der Waals surface area (Å²) in [6.07, 6.45) is 1.91. The molecule has 0 spiro atoms. The summed E-state index contributed by atoms with van der Waals surface area (Å²) in [5, 5.41) is 2.80. The summed E-state index contributed by atoms with van der Waals surface area (Å²) in [5.41, 5.74) is -7.30. The van der Waals surface area contributed by atoms with Gasteiger partial charge in [-0.1, -0.05) is 0 Å². The average molecular weight is 373 g/mol. The fourth-order valence-corrected chi connectivity index (χ4v) is 4.02. The molecule has 6 nitrogen and oxygen atoms in total. The number of amides is 1. The number of hydrogen-bond acceptors (Lipinski definition) is 5. The van der Waals surface area contributed by atoms with Crippen molar-refractivity contribution < 1.29 is 35.3 Å². The van der Waals surface area contributed by atoms with Crippen LogP contribution in [0.25, 0.3) is 0 Å². The van der Waals surface area contributed by atoms with Gasteiger partial charge in [0.25, 0.3) is 0 Å². The Hall–Kier alpha value is -1.03. The van der Waals surface area contributed by atoms with Crippen molar-refractivity contribution in [3.05, 3.63) is 0 Å². The van der Waals surface area contributed by atoms with Crippen LogP contribution >= 0.6 is 0 Å². The number of rotatable bonds is 4. The number of halogens is 3. The lowest BCUT2D eigenvalue weighted by Gasteiger charge is -2.30. The van der Waals surface area contributed by atoms with Crippen molar-refractivity contribution in [3.63, 3.8) is 0 Å². The van der Waals surface area contributed by atoms with Gasteiger partial charge in [0.2, 0.25) is 0 Å². The summed E-state index contributed by atoms with van der Waals surface area (Å²) in [5.74, 6) is 0. The number of alkyl halides is 3. The molecule has 0 aliphatic heterocycles. The van der Waals surface area contributed by atoms with Crippen LogP contribution in [0.4, 0.5) is 18.0 Å². The molecule has 0 atom stereocenters. The molecule has 24 heavy (non-hydrogen) atoms. The minimum absolute atomic E-state index is 0.382. The lowest BCUT2D eigenvalue weighted by molar-refractivity contribution is -0.0566. The predicted molar refractivity (Wildman–Crippen MR) is 78.5 cm³/mol. The molecular formula is C14H22F3NO5S. The van der Waals surface area contributed by atoms with E-state index in [1.165, 1.54) is 0 Å². The lowest BCUT2D eigenvalue weighted by Crippen LogP contribution is -2.47. The molecule has 0 saturated heterocycles. The first-order chi connectivity index (χ1) is 10.7. The average Bonchev–Trinajstić information content (AvgIpc) is 2.88. The summed E-state index contributed by atoms with van der Waals surface area (Å²) in [6.45, 7) is 4.67. The number of carbonyl (C=O) groups excluding carboxylic acids is 1. The van der Waals surface area contributed by atoms with Crippen LogP contribution in [0.2, 0.25) is 0 Å². The molecule has 0 heterocycles. The molecule has 2 fully saturated rings. The van der Waals surface area contributed by atoms with E-state index < -0.39 is 44.9 Å². The van der Waals surface area contributed by atoms with Crippen LogP contribution in [-0.4, -0.2) is 37.8 Å². The number of carbonyl (C=O) groups is 1. The molecule has 2 bridgehead atoms. The van der Waals surface area contributed by atoms with Crippen LogP contribution < -0.4 is 5.32 Å². The summed E-state index contributed by atoms with van der Waals surface area (Å²) in [6, 6.07) is 0. The summed E-state index contributed by atoms with van der Waals surface area (Å²) >= 11 is 0. The Labute approximate surface area is 139 Å². The van der Waals surface area contributed by atoms with Gasteiger partial charge in [0, 0.05) is 5.54 Å². The van der Waals surface area contributed by atoms with Crippen molar-refractivity contribution in [1.82, 2.24) is 5.32 Å². The van der Waals surface area contributed by atoms with Gasteiger partial charge in [-0.3, -0.25) is 4.18 Å². The van der Waals surface area contributed by atoms with Crippen LogP contribution in [0.3, 0.4) is 0 Å². The molecule has 0 aromatic heterocycles. The molecule has 140 valence electrons. The smallest absolute Gasteiger partial charge is 0.444 e. The maximum absolute atomic E-state index is 12.4. The van der Waals surface area contributed by atoms with Crippen molar-refractivity contribution in [2.45, 2.75) is 69.5 Å². The normalized spacial score (nSPS) is 30.4. The third-order valence-corrected chi connectivity index (χ3v) is 5.55. The standard InChI is InChI=1S/C14H22F3NO5S/c1-11(2,3)23-10(19)18-13-6-4-12(8-13,5-7-13)9-22-24(20,21)14(15,16)17/h4-9H2,1-3H3,(H,18,19). The quantitative estimate of drug-likeness (QED) is 0.605. The Bertz CT molecular complexity index is 601. The van der Waals surface area contributed by atoms with Crippen molar-refractivity contribution in [2.24, 2.45) is 5.41 Å². The molecule has 0 aromatic rings. The molecule has 10 heteroatoms. The van der Waals surface area contributed by atoms with Gasteiger partial charge < -0.3 is 10.1 Å². The van der Waals surface area contributed by atoms with Gasteiger partial charge in [0.05, 0.1) is 6.61 Å². The lowest BCUT2D eigenvalue weighted by atomic mass is 9.85. The highest BCUT2D eigenvalue weighted by molar-refractivity contribution is 7.87. The first kappa shape index (κ1) is 19.3. The van der Waals surface area contributed by atoms with Gasteiger partial charge >= 0.3 is 21.7 Å². The topological polar surface area (TPSA) is 81.7 Å². The van der Waals surface area contributed by atoms with Crippen molar-refractivity contribution in [1.29, 1.82) is 0 Å². The Kier molecular flexibility index (Phi) is 4.63. The van der Waals surface area contributed by atoms with E-state index in [4.69, 9.17) is 4.74 Å². The molecule has 0 unspecified atom stereocenters. The number of alkyl carbamates (subject to hydrolysis) is 1. The van der Waals surface area contributed by atoms with Crippen LogP contribution in [-0.2, 0) is 19.0 Å². The molecule has 1 amide bonds. The summed E-state index contributed by atoms with van der Waals surface area (Å²) < 4.78 is 68.7. The van der Waals surface area contributed by atoms with Gasteiger partial charge in [-0.05, 0) is 58.3 Å². The minimum Gasteiger partial charge on any atom is -0.444 e. The molecule has 1 N–H and O–H groups in total. The Morgan fingerprint density at radius 2 is 1.67 bits per heavy atom. The third kappa shape index (κ3) is 4.14. The van der Waals surface area contributed by atoms with E-state index in [0.29, 0.717) is 32.1 Å².